The highest BCUT2D eigenvalue weighted by molar-refractivity contribution is 7.98. The van der Waals surface area contributed by atoms with Crippen molar-refractivity contribution in [2.45, 2.75) is 76.0 Å². The quantitative estimate of drug-likeness (QED) is 0.150. The fraction of sp³-hybridized carbons (Fsp3) is 0.500. The Morgan fingerprint density at radius 3 is 2.39 bits per heavy atom. The van der Waals surface area contributed by atoms with Crippen LogP contribution >= 0.6 is 11.8 Å². The zero-order chi connectivity index (χ0) is 30.4. The highest BCUT2D eigenvalue weighted by atomic mass is 32.2. The highest BCUT2D eigenvalue weighted by Gasteiger charge is 2.93. The first-order chi connectivity index (χ1) is 21.3. The Balaban J connectivity index is 1.23. The second-order valence-corrected chi connectivity index (χ2v) is 14.5. The predicted octanol–water partition coefficient (Wildman–Crippen LogP) is 6.54. The van der Waals surface area contributed by atoms with Crippen LogP contribution in [0.1, 0.15) is 62.4 Å². The third kappa shape index (κ3) is 3.74. The lowest BCUT2D eigenvalue weighted by atomic mass is 9.46. The average Bonchev–Trinajstić information content (AvgIpc) is 3.93. The number of benzene rings is 2. The molecule has 0 radical (unpaired) electrons. The number of allylic oxidation sites excluding steroid dienone is 1. The number of epoxide rings is 2. The van der Waals surface area contributed by atoms with E-state index in [1.54, 1.807) is 36.0 Å². The summed E-state index contributed by atoms with van der Waals surface area (Å²) in [7, 11) is 0. The number of cyclic esters (lactones) is 1. The maximum atomic E-state index is 13.5. The molecule has 2 saturated heterocycles. The number of thioether (sulfide) groups is 1. The van der Waals surface area contributed by atoms with Crippen LogP contribution in [0.15, 0.2) is 77.6 Å². The molecule has 2 spiro atoms. The molecule has 3 aliphatic heterocycles. The van der Waals surface area contributed by atoms with Crippen LogP contribution in [0.2, 0.25) is 0 Å². The number of carbonyl (C=O) groups excluding carboxylic acids is 2. The average molecular weight is 615 g/mol. The first kappa shape index (κ1) is 28.6. The fourth-order valence-electron chi connectivity index (χ4n) is 9.31. The highest BCUT2D eigenvalue weighted by Crippen LogP contribution is 2.80. The van der Waals surface area contributed by atoms with Crippen LogP contribution in [0.3, 0.4) is 0 Å². The van der Waals surface area contributed by atoms with E-state index in [1.165, 1.54) is 0 Å². The molecule has 44 heavy (non-hydrogen) atoms. The molecular weight excluding hydrogens is 576 g/mol. The maximum Gasteiger partial charge on any atom is 0.343 e. The first-order valence-electron chi connectivity index (χ1n) is 15.8. The minimum atomic E-state index is -0.501. The standard InChI is InChI=1S/C36H38O7S/c1-20(2)24-17-27-36(43-27)34(3)16-15-23-28(25(34)18-26-35(36,42-26)31(24)39-19-44-4)30(41-33(23)38)29(21-11-7-5-8-12-21)40-32(37)22-13-9-6-10-14-22/h5-14,20,24-27,31H,15-19H2,1-4H3/b30-29+. The lowest BCUT2D eigenvalue weighted by molar-refractivity contribution is -0.133. The van der Waals surface area contributed by atoms with Gasteiger partial charge in [-0.25, -0.2) is 9.59 Å². The monoisotopic (exact) mass is 614 g/mol. The number of hydrogen-bond acceptors (Lipinski definition) is 8. The molecule has 0 aromatic heterocycles. The summed E-state index contributed by atoms with van der Waals surface area (Å²) in [5.74, 6) is 1.10. The molecule has 3 aliphatic carbocycles. The molecule has 2 saturated carbocycles. The number of hydrogen-bond donors (Lipinski definition) is 0. The summed E-state index contributed by atoms with van der Waals surface area (Å²) in [5, 5.41) is 0. The normalized spacial score (nSPS) is 38.9. The molecule has 8 rings (SSSR count). The molecule has 4 fully saturated rings. The third-order valence-electron chi connectivity index (χ3n) is 11.4. The van der Waals surface area contributed by atoms with Crippen molar-refractivity contribution in [2.24, 2.45) is 23.2 Å². The number of carbonyl (C=O) groups is 2. The van der Waals surface area contributed by atoms with E-state index in [1.807, 2.05) is 36.4 Å². The number of fused-ring (bicyclic) bond motifs is 2. The molecular formula is C36H38O7S. The van der Waals surface area contributed by atoms with E-state index in [9.17, 15) is 9.59 Å². The lowest BCUT2D eigenvalue weighted by Crippen LogP contribution is -2.67. The largest absolute Gasteiger partial charge is 0.419 e. The van der Waals surface area contributed by atoms with Crippen molar-refractivity contribution in [3.8, 4) is 0 Å². The van der Waals surface area contributed by atoms with Gasteiger partial charge in [0.15, 0.2) is 17.1 Å². The zero-order valence-electron chi connectivity index (χ0n) is 25.5. The summed E-state index contributed by atoms with van der Waals surface area (Å²) in [4.78, 5) is 26.9. The fourth-order valence-corrected chi connectivity index (χ4v) is 9.59. The van der Waals surface area contributed by atoms with Crippen molar-refractivity contribution in [2.75, 3.05) is 12.2 Å². The molecule has 0 bridgehead atoms. The summed E-state index contributed by atoms with van der Waals surface area (Å²) in [6, 6.07) is 18.3. The number of esters is 2. The van der Waals surface area contributed by atoms with Gasteiger partial charge in [-0.15, -0.1) is 11.8 Å². The van der Waals surface area contributed by atoms with E-state index in [2.05, 4.69) is 27.0 Å². The summed E-state index contributed by atoms with van der Waals surface area (Å²) >= 11 is 1.69. The molecule has 3 heterocycles. The molecule has 7 nitrogen and oxygen atoms in total. The van der Waals surface area contributed by atoms with Crippen LogP contribution in [0.5, 0.6) is 0 Å². The summed E-state index contributed by atoms with van der Waals surface area (Å²) < 4.78 is 32.6. The Morgan fingerprint density at radius 1 is 1.00 bits per heavy atom. The molecule has 8 atom stereocenters. The van der Waals surface area contributed by atoms with Crippen LogP contribution in [0.4, 0.5) is 0 Å². The Labute approximate surface area is 262 Å². The van der Waals surface area contributed by atoms with Gasteiger partial charge >= 0.3 is 11.9 Å². The Morgan fingerprint density at radius 2 is 1.70 bits per heavy atom. The van der Waals surface area contributed by atoms with Gasteiger partial charge in [0.05, 0.1) is 29.8 Å². The van der Waals surface area contributed by atoms with Gasteiger partial charge < -0.3 is 23.7 Å². The van der Waals surface area contributed by atoms with Crippen molar-refractivity contribution in [3.63, 3.8) is 0 Å². The van der Waals surface area contributed by atoms with Gasteiger partial charge in [0.2, 0.25) is 0 Å². The topological polar surface area (TPSA) is 86.9 Å². The van der Waals surface area contributed by atoms with Crippen LogP contribution in [-0.2, 0) is 28.5 Å². The Kier molecular flexibility index (Phi) is 6.52. The van der Waals surface area contributed by atoms with E-state index in [4.69, 9.17) is 23.7 Å². The predicted molar refractivity (Wildman–Crippen MR) is 165 cm³/mol. The van der Waals surface area contributed by atoms with Gasteiger partial charge in [-0.2, -0.15) is 0 Å². The van der Waals surface area contributed by atoms with Gasteiger partial charge in [-0.3, -0.25) is 0 Å². The maximum absolute atomic E-state index is 13.5. The molecule has 0 amide bonds. The summed E-state index contributed by atoms with van der Waals surface area (Å²) in [6.07, 6.45) is 5.08. The van der Waals surface area contributed by atoms with Crippen molar-refractivity contribution >= 4 is 29.5 Å². The molecule has 8 unspecified atom stereocenters. The molecule has 2 aromatic carbocycles. The van der Waals surface area contributed by atoms with Crippen LogP contribution < -0.4 is 0 Å². The van der Waals surface area contributed by atoms with Crippen molar-refractivity contribution in [1.82, 2.24) is 0 Å². The first-order valence-corrected chi connectivity index (χ1v) is 17.1. The molecule has 2 aromatic rings. The smallest absolute Gasteiger partial charge is 0.343 e. The van der Waals surface area contributed by atoms with Gasteiger partial charge in [-0.05, 0) is 61.8 Å². The SMILES string of the molecule is CSCOC1C(C(C)C)CC2OC23C2(C)CCC4=C(/C(=C(\OC(=O)c5ccccc5)c5ccccc5)OC4=O)C2CC2OC213. The van der Waals surface area contributed by atoms with Crippen LogP contribution in [0, 0.1) is 23.2 Å². The van der Waals surface area contributed by atoms with Gasteiger partial charge in [0.25, 0.3) is 0 Å². The van der Waals surface area contributed by atoms with E-state index in [0.29, 0.717) is 46.7 Å². The number of rotatable bonds is 7. The molecule has 6 aliphatic rings. The van der Waals surface area contributed by atoms with E-state index >= 15 is 0 Å². The van der Waals surface area contributed by atoms with Gasteiger partial charge in [0.1, 0.15) is 5.60 Å². The second-order valence-electron chi connectivity index (χ2n) is 13.6. The number of ether oxygens (including phenoxy) is 5. The van der Waals surface area contributed by atoms with E-state index in [-0.39, 0.29) is 41.4 Å². The van der Waals surface area contributed by atoms with Gasteiger partial charge in [-0.1, -0.05) is 69.3 Å². The Bertz CT molecular complexity index is 1580. The molecule has 230 valence electrons. The Hall–Kier alpha value is -2.91. The third-order valence-corrected chi connectivity index (χ3v) is 11.7. The molecule has 0 N–H and O–H groups in total. The van der Waals surface area contributed by atoms with E-state index < -0.39 is 17.2 Å². The summed E-state index contributed by atoms with van der Waals surface area (Å²) in [6.45, 7) is 6.87. The van der Waals surface area contributed by atoms with Crippen LogP contribution in [-0.4, -0.2) is 53.6 Å². The van der Waals surface area contributed by atoms with Crippen molar-refractivity contribution in [1.29, 1.82) is 0 Å². The lowest BCUT2D eigenvalue weighted by Gasteiger charge is -2.54. The zero-order valence-corrected chi connectivity index (χ0v) is 26.4. The van der Waals surface area contributed by atoms with Crippen molar-refractivity contribution in [3.05, 3.63) is 88.7 Å². The second kappa shape index (κ2) is 10.0. The summed E-state index contributed by atoms with van der Waals surface area (Å²) in [5.41, 5.74) is 1.33. The minimum Gasteiger partial charge on any atom is -0.419 e. The molecule has 8 heteroatoms. The van der Waals surface area contributed by atoms with Crippen LogP contribution in [0.25, 0.3) is 5.76 Å². The minimum absolute atomic E-state index is 0.0463. The van der Waals surface area contributed by atoms with E-state index in [0.717, 1.165) is 24.8 Å². The van der Waals surface area contributed by atoms with Crippen molar-refractivity contribution < 1.29 is 33.3 Å². The van der Waals surface area contributed by atoms with Gasteiger partial charge in [0, 0.05) is 22.1 Å².